The van der Waals surface area contributed by atoms with Crippen LogP contribution in [0.1, 0.15) is 62.2 Å². The molecule has 9 heteroatoms. The summed E-state index contributed by atoms with van der Waals surface area (Å²) >= 11 is 6.53. The average molecular weight is 461 g/mol. The number of aliphatic hydroxyl groups excluding tert-OH is 1. The van der Waals surface area contributed by atoms with E-state index in [9.17, 15) is 9.90 Å². The lowest BCUT2D eigenvalue weighted by molar-refractivity contribution is -0.141. The number of anilines is 1. The van der Waals surface area contributed by atoms with E-state index >= 15 is 0 Å². The Kier molecular flexibility index (Phi) is 6.03. The van der Waals surface area contributed by atoms with E-state index in [0.717, 1.165) is 61.5 Å². The van der Waals surface area contributed by atoms with Crippen LogP contribution < -0.4 is 10.6 Å². The number of carbonyl (C=O) groups is 1. The SMILES string of the molecule is Cc1cn2nc([C@@H]3CCCCN3C(=O)C3CC(O)CCC3Cl)cc2nc1N1CC[C@H](N)C1. The summed E-state index contributed by atoms with van der Waals surface area (Å²) in [6.07, 6.45) is 7.27. The van der Waals surface area contributed by atoms with Gasteiger partial charge in [-0.2, -0.15) is 5.10 Å². The number of hydrogen-bond acceptors (Lipinski definition) is 6. The second kappa shape index (κ2) is 8.80. The van der Waals surface area contributed by atoms with E-state index in [2.05, 4.69) is 11.8 Å². The van der Waals surface area contributed by atoms with Gasteiger partial charge in [-0.1, -0.05) is 0 Å². The average Bonchev–Trinajstić information content (AvgIpc) is 3.40. The summed E-state index contributed by atoms with van der Waals surface area (Å²) in [5.74, 6) is 0.695. The van der Waals surface area contributed by atoms with Crippen molar-refractivity contribution in [2.45, 2.75) is 75.4 Å². The van der Waals surface area contributed by atoms with Gasteiger partial charge >= 0.3 is 0 Å². The summed E-state index contributed by atoms with van der Waals surface area (Å²) < 4.78 is 1.83. The maximum absolute atomic E-state index is 13.5. The molecule has 2 aliphatic heterocycles. The maximum Gasteiger partial charge on any atom is 0.227 e. The molecule has 1 amide bonds. The first kappa shape index (κ1) is 21.9. The van der Waals surface area contributed by atoms with Crippen molar-refractivity contribution >= 4 is 29.0 Å². The van der Waals surface area contributed by atoms with Gasteiger partial charge in [0.15, 0.2) is 5.65 Å². The number of fused-ring (bicyclic) bond motifs is 1. The number of halogens is 1. The van der Waals surface area contributed by atoms with Crippen molar-refractivity contribution in [1.29, 1.82) is 0 Å². The van der Waals surface area contributed by atoms with E-state index < -0.39 is 6.10 Å². The topological polar surface area (TPSA) is 100.0 Å². The van der Waals surface area contributed by atoms with Crippen LogP contribution in [0.2, 0.25) is 0 Å². The lowest BCUT2D eigenvalue weighted by atomic mass is 9.84. The first-order valence-corrected chi connectivity index (χ1v) is 12.3. The lowest BCUT2D eigenvalue weighted by Gasteiger charge is -2.39. The predicted molar refractivity (Wildman–Crippen MR) is 124 cm³/mol. The molecule has 0 spiro atoms. The number of nitrogens with zero attached hydrogens (tertiary/aromatic N) is 5. The molecule has 0 bridgehead atoms. The first-order chi connectivity index (χ1) is 15.4. The van der Waals surface area contributed by atoms with Crippen LogP contribution in [0.4, 0.5) is 5.82 Å². The normalized spacial score (nSPS) is 31.4. The molecule has 32 heavy (non-hydrogen) atoms. The van der Waals surface area contributed by atoms with Crippen LogP contribution in [0.3, 0.4) is 0 Å². The van der Waals surface area contributed by atoms with Gasteiger partial charge in [-0.05, 0) is 51.9 Å². The van der Waals surface area contributed by atoms with Gasteiger partial charge in [0.1, 0.15) is 5.82 Å². The molecule has 0 aromatic carbocycles. The fourth-order valence-corrected chi connectivity index (χ4v) is 5.90. The van der Waals surface area contributed by atoms with Crippen LogP contribution in [-0.4, -0.2) is 67.7 Å². The van der Waals surface area contributed by atoms with Crippen LogP contribution in [-0.2, 0) is 4.79 Å². The highest BCUT2D eigenvalue weighted by Gasteiger charge is 2.39. The van der Waals surface area contributed by atoms with Gasteiger partial charge in [-0.25, -0.2) is 9.50 Å². The minimum Gasteiger partial charge on any atom is -0.393 e. The standard InChI is InChI=1S/C23H33ClN6O2/c1-14-12-30-21(26-22(14)28-9-7-15(25)13-28)11-19(27-30)20-4-2-3-8-29(20)23(32)17-10-16(31)5-6-18(17)24/h11-12,15-18,20,31H,2-10,13,25H2,1H3/t15-,16?,17?,18?,20-/m0/s1. The maximum atomic E-state index is 13.5. The molecule has 3 N–H and O–H groups in total. The van der Waals surface area contributed by atoms with Gasteiger partial charge in [0, 0.05) is 48.9 Å². The Bertz CT molecular complexity index is 996. The number of amides is 1. The molecular formula is C23H33ClN6O2. The number of alkyl halides is 1. The van der Waals surface area contributed by atoms with Crippen molar-refractivity contribution in [3.63, 3.8) is 0 Å². The quantitative estimate of drug-likeness (QED) is 0.682. The zero-order chi connectivity index (χ0) is 22.4. The monoisotopic (exact) mass is 460 g/mol. The van der Waals surface area contributed by atoms with E-state index in [4.69, 9.17) is 27.4 Å². The van der Waals surface area contributed by atoms with Crippen LogP contribution in [0.15, 0.2) is 12.3 Å². The third-order valence-corrected chi connectivity index (χ3v) is 7.85. The molecule has 3 aliphatic rings. The van der Waals surface area contributed by atoms with Gasteiger partial charge in [0.2, 0.25) is 5.91 Å². The van der Waals surface area contributed by atoms with Crippen molar-refractivity contribution in [3.8, 4) is 0 Å². The number of nitrogens with two attached hydrogens (primary N) is 1. The Balaban J connectivity index is 1.43. The molecule has 4 heterocycles. The Hall–Kier alpha value is -1.90. The van der Waals surface area contributed by atoms with Gasteiger partial charge in [0.05, 0.1) is 23.8 Å². The van der Waals surface area contributed by atoms with E-state index in [1.54, 1.807) is 0 Å². The smallest absolute Gasteiger partial charge is 0.227 e. The largest absolute Gasteiger partial charge is 0.393 e. The zero-order valence-electron chi connectivity index (χ0n) is 18.7. The summed E-state index contributed by atoms with van der Waals surface area (Å²) in [6, 6.07) is 2.13. The van der Waals surface area contributed by atoms with Crippen LogP contribution in [0, 0.1) is 12.8 Å². The Morgan fingerprint density at radius 1 is 1.22 bits per heavy atom. The van der Waals surface area contributed by atoms with Gasteiger partial charge in [-0.3, -0.25) is 4.79 Å². The van der Waals surface area contributed by atoms with Crippen molar-refractivity contribution in [3.05, 3.63) is 23.5 Å². The lowest BCUT2D eigenvalue weighted by Crippen LogP contribution is -2.46. The number of aromatic nitrogens is 3. The van der Waals surface area contributed by atoms with Crippen LogP contribution >= 0.6 is 11.6 Å². The summed E-state index contributed by atoms with van der Waals surface area (Å²) in [5.41, 5.74) is 8.84. The van der Waals surface area contributed by atoms with Crippen LogP contribution in [0.5, 0.6) is 0 Å². The highest BCUT2D eigenvalue weighted by atomic mass is 35.5. The third kappa shape index (κ3) is 4.08. The van der Waals surface area contributed by atoms with Gasteiger partial charge < -0.3 is 20.6 Å². The fraction of sp³-hybridized carbons (Fsp3) is 0.696. The minimum absolute atomic E-state index is 0.0568. The third-order valence-electron chi connectivity index (χ3n) is 7.33. The first-order valence-electron chi connectivity index (χ1n) is 11.9. The van der Waals surface area contributed by atoms with Gasteiger partial charge in [0.25, 0.3) is 0 Å². The number of aliphatic hydroxyl groups is 1. The molecule has 1 saturated carbocycles. The number of carbonyl (C=O) groups excluding carboxylic acids is 1. The summed E-state index contributed by atoms with van der Waals surface area (Å²) in [6.45, 7) is 4.50. The molecule has 1 aliphatic carbocycles. The predicted octanol–water partition coefficient (Wildman–Crippen LogP) is 2.40. The molecule has 8 nitrogen and oxygen atoms in total. The van der Waals surface area contributed by atoms with Crippen LogP contribution in [0.25, 0.3) is 5.65 Å². The highest BCUT2D eigenvalue weighted by molar-refractivity contribution is 6.22. The molecule has 3 fully saturated rings. The zero-order valence-corrected chi connectivity index (χ0v) is 19.4. The fourth-order valence-electron chi connectivity index (χ4n) is 5.56. The van der Waals surface area contributed by atoms with E-state index in [1.807, 2.05) is 21.7 Å². The highest BCUT2D eigenvalue weighted by Crippen LogP contribution is 2.37. The van der Waals surface area contributed by atoms with Crippen molar-refractivity contribution in [2.75, 3.05) is 24.5 Å². The van der Waals surface area contributed by atoms with Crippen molar-refractivity contribution in [1.82, 2.24) is 19.5 Å². The Labute approximate surface area is 193 Å². The minimum atomic E-state index is -0.443. The molecule has 174 valence electrons. The summed E-state index contributed by atoms with van der Waals surface area (Å²) in [7, 11) is 0. The Morgan fingerprint density at radius 2 is 2.06 bits per heavy atom. The molecule has 2 saturated heterocycles. The number of likely N-dealkylation sites (tertiary alicyclic amines) is 1. The molecular weight excluding hydrogens is 428 g/mol. The Morgan fingerprint density at radius 3 is 2.84 bits per heavy atom. The van der Waals surface area contributed by atoms with E-state index in [-0.39, 0.29) is 29.3 Å². The van der Waals surface area contributed by atoms with Crippen molar-refractivity contribution < 1.29 is 9.90 Å². The molecule has 2 aromatic heterocycles. The number of aryl methyl sites for hydroxylation is 1. The number of hydrogen-bond donors (Lipinski definition) is 2. The molecule has 0 radical (unpaired) electrons. The second-order valence-electron chi connectivity index (χ2n) is 9.75. The molecule has 5 rings (SSSR count). The van der Waals surface area contributed by atoms with E-state index in [1.165, 1.54) is 0 Å². The van der Waals surface area contributed by atoms with Gasteiger partial charge in [-0.15, -0.1) is 11.6 Å². The second-order valence-corrected chi connectivity index (χ2v) is 10.3. The summed E-state index contributed by atoms with van der Waals surface area (Å²) in [5, 5.41) is 14.7. The van der Waals surface area contributed by atoms with Crippen molar-refractivity contribution in [2.24, 2.45) is 11.7 Å². The summed E-state index contributed by atoms with van der Waals surface area (Å²) in [4.78, 5) is 22.6. The van der Waals surface area contributed by atoms with E-state index in [0.29, 0.717) is 25.8 Å². The molecule has 3 unspecified atom stereocenters. The molecule has 5 atom stereocenters. The number of rotatable bonds is 3. The number of piperidine rings is 1. The molecule has 2 aromatic rings.